The number of carbonyl (C=O) groups is 2. The number of nitrogens with zero attached hydrogens (tertiary/aromatic N) is 2. The standard InChI is InChI=1S/C18H21ClN2O4/c1-4-10-24-14(3)18(23)25-12-17(22)21(9-5-8-20)15-6-7-16(19)13(2)11-15/h4,6-7,11,14H,1,5,9-10,12H2,2-3H3. The number of carbonyl (C=O) groups excluding carboxylic acids is 2. The van der Waals surface area contributed by atoms with Crippen LogP contribution in [0.4, 0.5) is 5.69 Å². The van der Waals surface area contributed by atoms with Gasteiger partial charge in [-0.25, -0.2) is 4.79 Å². The van der Waals surface area contributed by atoms with Gasteiger partial charge in [0.2, 0.25) is 0 Å². The Morgan fingerprint density at radius 3 is 2.80 bits per heavy atom. The second kappa shape index (κ2) is 10.5. The van der Waals surface area contributed by atoms with Crippen molar-refractivity contribution >= 4 is 29.2 Å². The van der Waals surface area contributed by atoms with E-state index in [0.717, 1.165) is 5.56 Å². The number of aryl methyl sites for hydroxylation is 1. The van der Waals surface area contributed by atoms with Gasteiger partial charge in [0.15, 0.2) is 12.7 Å². The van der Waals surface area contributed by atoms with E-state index >= 15 is 0 Å². The fourth-order valence-electron chi connectivity index (χ4n) is 1.96. The molecule has 1 amide bonds. The van der Waals surface area contributed by atoms with Gasteiger partial charge >= 0.3 is 5.97 Å². The predicted molar refractivity (Wildman–Crippen MR) is 95.3 cm³/mol. The molecule has 25 heavy (non-hydrogen) atoms. The van der Waals surface area contributed by atoms with Crippen LogP contribution in [0, 0.1) is 18.3 Å². The van der Waals surface area contributed by atoms with Crippen LogP contribution in [0.5, 0.6) is 0 Å². The Labute approximate surface area is 152 Å². The van der Waals surface area contributed by atoms with Gasteiger partial charge in [0.25, 0.3) is 5.91 Å². The van der Waals surface area contributed by atoms with E-state index in [4.69, 9.17) is 26.3 Å². The minimum absolute atomic E-state index is 0.153. The third kappa shape index (κ3) is 6.57. The summed E-state index contributed by atoms with van der Waals surface area (Å²) in [6, 6.07) is 7.10. The van der Waals surface area contributed by atoms with Crippen molar-refractivity contribution in [3.8, 4) is 6.07 Å². The number of amides is 1. The number of rotatable bonds is 9. The maximum Gasteiger partial charge on any atom is 0.335 e. The van der Waals surface area contributed by atoms with Crippen LogP contribution in [-0.4, -0.2) is 37.7 Å². The van der Waals surface area contributed by atoms with Crippen LogP contribution in [0.2, 0.25) is 5.02 Å². The lowest BCUT2D eigenvalue weighted by atomic mass is 10.2. The van der Waals surface area contributed by atoms with Gasteiger partial charge in [0, 0.05) is 17.3 Å². The zero-order valence-electron chi connectivity index (χ0n) is 14.3. The van der Waals surface area contributed by atoms with Crippen molar-refractivity contribution in [1.29, 1.82) is 5.26 Å². The summed E-state index contributed by atoms with van der Waals surface area (Å²) in [5.41, 5.74) is 1.39. The topological polar surface area (TPSA) is 79.6 Å². The third-order valence-corrected chi connectivity index (χ3v) is 3.76. The second-order valence-electron chi connectivity index (χ2n) is 5.26. The van der Waals surface area contributed by atoms with Gasteiger partial charge in [-0.15, -0.1) is 6.58 Å². The molecule has 1 aromatic rings. The van der Waals surface area contributed by atoms with Gasteiger partial charge < -0.3 is 14.4 Å². The van der Waals surface area contributed by atoms with E-state index < -0.39 is 24.6 Å². The van der Waals surface area contributed by atoms with Crippen molar-refractivity contribution < 1.29 is 19.1 Å². The number of ether oxygens (including phenoxy) is 2. The molecule has 1 unspecified atom stereocenters. The molecule has 1 rings (SSSR count). The number of benzene rings is 1. The van der Waals surface area contributed by atoms with E-state index in [1.165, 1.54) is 17.9 Å². The highest BCUT2D eigenvalue weighted by Crippen LogP contribution is 2.23. The van der Waals surface area contributed by atoms with E-state index in [-0.39, 0.29) is 19.6 Å². The Balaban J connectivity index is 2.77. The molecule has 134 valence electrons. The van der Waals surface area contributed by atoms with Crippen LogP contribution in [0.1, 0.15) is 18.9 Å². The minimum atomic E-state index is -0.795. The van der Waals surface area contributed by atoms with Crippen LogP contribution < -0.4 is 4.90 Å². The first kappa shape index (κ1) is 20.7. The largest absolute Gasteiger partial charge is 0.454 e. The predicted octanol–water partition coefficient (Wildman–Crippen LogP) is 3.03. The molecule has 0 aliphatic heterocycles. The first-order valence-corrected chi connectivity index (χ1v) is 8.11. The minimum Gasteiger partial charge on any atom is -0.454 e. The van der Waals surface area contributed by atoms with Crippen LogP contribution in [0.15, 0.2) is 30.9 Å². The second-order valence-corrected chi connectivity index (χ2v) is 5.67. The van der Waals surface area contributed by atoms with Crippen molar-refractivity contribution in [3.05, 3.63) is 41.4 Å². The zero-order valence-corrected chi connectivity index (χ0v) is 15.1. The Morgan fingerprint density at radius 2 is 2.20 bits per heavy atom. The SMILES string of the molecule is C=CCOC(C)C(=O)OCC(=O)N(CCC#N)c1ccc(Cl)c(C)c1. The Bertz CT molecular complexity index is 670. The number of halogens is 1. The van der Waals surface area contributed by atoms with Crippen molar-refractivity contribution in [3.63, 3.8) is 0 Å². The molecule has 1 atom stereocenters. The van der Waals surface area contributed by atoms with Crippen molar-refractivity contribution in [2.75, 3.05) is 24.7 Å². The summed E-state index contributed by atoms with van der Waals surface area (Å²) in [5, 5.41) is 9.38. The molecule has 0 aromatic heterocycles. The maximum atomic E-state index is 12.4. The van der Waals surface area contributed by atoms with Gasteiger partial charge in [0.1, 0.15) is 0 Å². The molecule has 0 aliphatic rings. The Hall–Kier alpha value is -2.36. The first-order valence-electron chi connectivity index (χ1n) is 7.73. The first-order chi connectivity index (χ1) is 11.9. The van der Waals surface area contributed by atoms with E-state index in [0.29, 0.717) is 10.7 Å². The highest BCUT2D eigenvalue weighted by atomic mass is 35.5. The van der Waals surface area contributed by atoms with Crippen LogP contribution >= 0.6 is 11.6 Å². The maximum absolute atomic E-state index is 12.4. The quantitative estimate of drug-likeness (QED) is 0.497. The molecule has 0 heterocycles. The van der Waals surface area contributed by atoms with Crippen LogP contribution in [-0.2, 0) is 19.1 Å². The molecule has 0 aliphatic carbocycles. The Kier molecular flexibility index (Phi) is 8.68. The molecule has 1 aromatic carbocycles. The van der Waals surface area contributed by atoms with Gasteiger partial charge in [-0.3, -0.25) is 4.79 Å². The smallest absolute Gasteiger partial charge is 0.335 e. The van der Waals surface area contributed by atoms with Gasteiger partial charge in [-0.1, -0.05) is 17.7 Å². The van der Waals surface area contributed by atoms with E-state index in [9.17, 15) is 9.59 Å². The number of hydrogen-bond donors (Lipinski definition) is 0. The molecule has 0 fully saturated rings. The van der Waals surface area contributed by atoms with Crippen LogP contribution in [0.25, 0.3) is 0 Å². The number of nitriles is 1. The summed E-state index contributed by atoms with van der Waals surface area (Å²) in [7, 11) is 0. The number of esters is 1. The highest BCUT2D eigenvalue weighted by molar-refractivity contribution is 6.31. The summed E-state index contributed by atoms with van der Waals surface area (Å²) < 4.78 is 10.1. The van der Waals surface area contributed by atoms with E-state index in [2.05, 4.69) is 6.58 Å². The molecule has 0 spiro atoms. The average molecular weight is 365 g/mol. The summed E-state index contributed by atoms with van der Waals surface area (Å²) in [4.78, 5) is 25.6. The molecule has 0 N–H and O–H groups in total. The Morgan fingerprint density at radius 1 is 1.48 bits per heavy atom. The number of hydrogen-bond acceptors (Lipinski definition) is 5. The summed E-state index contributed by atoms with van der Waals surface area (Å²) in [5.74, 6) is -1.07. The molecule has 0 bridgehead atoms. The van der Waals surface area contributed by atoms with E-state index in [1.54, 1.807) is 18.2 Å². The van der Waals surface area contributed by atoms with Crippen LogP contribution in [0.3, 0.4) is 0 Å². The summed E-state index contributed by atoms with van der Waals surface area (Å²) >= 11 is 6.00. The fourth-order valence-corrected chi connectivity index (χ4v) is 2.08. The normalized spacial score (nSPS) is 11.3. The lowest BCUT2D eigenvalue weighted by Crippen LogP contribution is -2.37. The summed E-state index contributed by atoms with van der Waals surface area (Å²) in [6.45, 7) is 6.81. The highest BCUT2D eigenvalue weighted by Gasteiger charge is 2.20. The van der Waals surface area contributed by atoms with Crippen molar-refractivity contribution in [1.82, 2.24) is 0 Å². The summed E-state index contributed by atoms with van der Waals surface area (Å²) in [6.07, 6.45) is 0.873. The monoisotopic (exact) mass is 364 g/mol. The third-order valence-electron chi connectivity index (χ3n) is 3.34. The van der Waals surface area contributed by atoms with Gasteiger partial charge in [-0.05, 0) is 37.6 Å². The van der Waals surface area contributed by atoms with Gasteiger partial charge in [0.05, 0.1) is 19.1 Å². The molecule has 7 heteroatoms. The molecular weight excluding hydrogens is 344 g/mol. The molecule has 0 saturated carbocycles. The fraction of sp³-hybridized carbons (Fsp3) is 0.389. The number of anilines is 1. The lowest BCUT2D eigenvalue weighted by molar-refractivity contribution is -0.157. The van der Waals surface area contributed by atoms with Gasteiger partial charge in [-0.2, -0.15) is 5.26 Å². The lowest BCUT2D eigenvalue weighted by Gasteiger charge is -2.22. The zero-order chi connectivity index (χ0) is 18.8. The average Bonchev–Trinajstić information content (AvgIpc) is 2.60. The molecular formula is C18H21ClN2O4. The van der Waals surface area contributed by atoms with Crippen molar-refractivity contribution in [2.45, 2.75) is 26.4 Å². The molecule has 6 nitrogen and oxygen atoms in total. The van der Waals surface area contributed by atoms with E-state index in [1.807, 2.05) is 13.0 Å². The molecule has 0 saturated heterocycles. The van der Waals surface area contributed by atoms with Crippen molar-refractivity contribution in [2.24, 2.45) is 0 Å². The molecule has 0 radical (unpaired) electrons.